The molecule has 21 heavy (non-hydrogen) atoms. The third kappa shape index (κ3) is 2.26. The molecule has 1 saturated heterocycles. The normalized spacial score (nSPS) is 21.9. The molecule has 0 radical (unpaired) electrons. The van der Waals surface area contributed by atoms with Crippen LogP contribution in [0.2, 0.25) is 0 Å². The predicted octanol–water partition coefficient (Wildman–Crippen LogP) is 0.846. The average Bonchev–Trinajstić information content (AvgIpc) is 2.70. The second-order valence-corrected chi connectivity index (χ2v) is 5.24. The molecule has 0 aromatic heterocycles. The Morgan fingerprint density at radius 3 is 2.86 bits per heavy atom. The van der Waals surface area contributed by atoms with Gasteiger partial charge >= 0.3 is 0 Å². The first kappa shape index (κ1) is 13.6. The topological polar surface area (TPSA) is 75.7 Å². The molecule has 0 aliphatic carbocycles. The van der Waals surface area contributed by atoms with Crippen molar-refractivity contribution in [3.05, 3.63) is 29.3 Å². The summed E-state index contributed by atoms with van der Waals surface area (Å²) in [6, 6.07) is 4.70. The third-order valence-electron chi connectivity index (χ3n) is 4.00. The van der Waals surface area contributed by atoms with Gasteiger partial charge in [0.05, 0.1) is 13.7 Å². The van der Waals surface area contributed by atoms with Crippen LogP contribution in [0.15, 0.2) is 18.2 Å². The number of ether oxygens (including phenoxy) is 1. The molecule has 1 aromatic rings. The Balaban J connectivity index is 1.90. The van der Waals surface area contributed by atoms with Crippen LogP contribution < -0.4 is 10.1 Å². The van der Waals surface area contributed by atoms with E-state index in [1.165, 1.54) is 4.90 Å². The van der Waals surface area contributed by atoms with Gasteiger partial charge in [0.2, 0.25) is 11.8 Å². The number of methoxy groups -OCH3 is 1. The Bertz CT molecular complexity index is 626. The highest BCUT2D eigenvalue weighted by atomic mass is 16.5. The molecule has 6 nitrogen and oxygen atoms in total. The van der Waals surface area contributed by atoms with E-state index in [9.17, 15) is 14.4 Å². The molecular weight excluding hydrogens is 272 g/mol. The number of carbonyl (C=O) groups is 3. The Kier molecular flexibility index (Phi) is 3.37. The largest absolute Gasteiger partial charge is 0.496 e. The summed E-state index contributed by atoms with van der Waals surface area (Å²) in [4.78, 5) is 37.5. The van der Waals surface area contributed by atoms with Gasteiger partial charge in [-0.25, -0.2) is 0 Å². The van der Waals surface area contributed by atoms with E-state index in [-0.39, 0.29) is 11.8 Å². The van der Waals surface area contributed by atoms with Crippen molar-refractivity contribution in [2.45, 2.75) is 31.8 Å². The fourth-order valence-corrected chi connectivity index (χ4v) is 2.94. The minimum Gasteiger partial charge on any atom is -0.496 e. The first-order valence-electron chi connectivity index (χ1n) is 6.92. The standard InChI is InChI=1S/C15H16N2O4/c1-21-12-6-2-4-9-10(12)8-17(15(9)20)11-5-3-7-13(18)16-14(11)19/h2,4,6,11H,3,5,7-8H2,1H3,(H,16,18,19)/t11-/m0/s1. The predicted molar refractivity (Wildman–Crippen MR) is 73.7 cm³/mol. The van der Waals surface area contributed by atoms with Crippen LogP contribution in [0.25, 0.3) is 0 Å². The number of nitrogens with zero attached hydrogens (tertiary/aromatic N) is 1. The highest BCUT2D eigenvalue weighted by molar-refractivity contribution is 6.04. The number of imide groups is 1. The molecule has 0 unspecified atom stereocenters. The number of hydrogen-bond acceptors (Lipinski definition) is 4. The highest BCUT2D eigenvalue weighted by Gasteiger charge is 2.38. The van der Waals surface area contributed by atoms with Crippen LogP contribution in [-0.2, 0) is 16.1 Å². The van der Waals surface area contributed by atoms with E-state index in [2.05, 4.69) is 5.32 Å². The second kappa shape index (κ2) is 5.20. The minimum atomic E-state index is -0.596. The lowest BCUT2D eigenvalue weighted by atomic mass is 10.1. The van der Waals surface area contributed by atoms with Crippen molar-refractivity contribution in [1.82, 2.24) is 10.2 Å². The van der Waals surface area contributed by atoms with Crippen LogP contribution in [0.4, 0.5) is 0 Å². The molecule has 110 valence electrons. The van der Waals surface area contributed by atoms with Gasteiger partial charge in [0, 0.05) is 17.5 Å². The lowest BCUT2D eigenvalue weighted by Gasteiger charge is -2.24. The molecule has 6 heteroatoms. The van der Waals surface area contributed by atoms with Crippen molar-refractivity contribution in [3.8, 4) is 5.75 Å². The number of benzene rings is 1. The molecule has 0 bridgehead atoms. The number of fused-ring (bicyclic) bond motifs is 1. The van der Waals surface area contributed by atoms with Crippen LogP contribution >= 0.6 is 0 Å². The fraction of sp³-hybridized carbons (Fsp3) is 0.400. The second-order valence-electron chi connectivity index (χ2n) is 5.24. The molecule has 2 heterocycles. The van der Waals surface area contributed by atoms with Crippen molar-refractivity contribution in [1.29, 1.82) is 0 Å². The maximum atomic E-state index is 12.5. The molecule has 1 fully saturated rings. The van der Waals surface area contributed by atoms with Gasteiger partial charge in [0.1, 0.15) is 11.8 Å². The molecule has 1 aromatic carbocycles. The fourth-order valence-electron chi connectivity index (χ4n) is 2.94. The Morgan fingerprint density at radius 1 is 1.29 bits per heavy atom. The van der Waals surface area contributed by atoms with Gasteiger partial charge in [-0.15, -0.1) is 0 Å². The minimum absolute atomic E-state index is 0.182. The van der Waals surface area contributed by atoms with E-state index < -0.39 is 11.9 Å². The van der Waals surface area contributed by atoms with Crippen LogP contribution in [0, 0.1) is 0 Å². The Hall–Kier alpha value is -2.37. The average molecular weight is 288 g/mol. The van der Waals surface area contributed by atoms with E-state index in [1.54, 1.807) is 25.3 Å². The number of nitrogens with one attached hydrogen (secondary N) is 1. The molecule has 3 rings (SSSR count). The molecule has 2 aliphatic rings. The SMILES string of the molecule is COc1cccc2c1CN([C@H]1CCCC(=O)NC1=O)C2=O. The maximum absolute atomic E-state index is 12.5. The van der Waals surface area contributed by atoms with Crippen molar-refractivity contribution < 1.29 is 19.1 Å². The van der Waals surface area contributed by atoms with Crippen LogP contribution in [0.5, 0.6) is 5.75 Å². The molecular formula is C15H16N2O4. The van der Waals surface area contributed by atoms with Crippen molar-refractivity contribution in [3.63, 3.8) is 0 Å². The monoisotopic (exact) mass is 288 g/mol. The van der Waals surface area contributed by atoms with Crippen LogP contribution in [-0.4, -0.2) is 35.8 Å². The van der Waals surface area contributed by atoms with Gasteiger partial charge in [-0.1, -0.05) is 6.07 Å². The smallest absolute Gasteiger partial charge is 0.255 e. The van der Waals surface area contributed by atoms with Gasteiger partial charge in [0.25, 0.3) is 5.91 Å². The van der Waals surface area contributed by atoms with E-state index in [0.29, 0.717) is 37.1 Å². The zero-order valence-corrected chi connectivity index (χ0v) is 11.7. The van der Waals surface area contributed by atoms with Gasteiger partial charge in [0.15, 0.2) is 0 Å². The number of amides is 3. The summed E-state index contributed by atoms with van der Waals surface area (Å²) in [5, 5.41) is 2.34. The van der Waals surface area contributed by atoms with Gasteiger partial charge in [-0.2, -0.15) is 0 Å². The molecule has 1 atom stereocenters. The summed E-state index contributed by atoms with van der Waals surface area (Å²) < 4.78 is 5.28. The zero-order chi connectivity index (χ0) is 15.0. The lowest BCUT2D eigenvalue weighted by Crippen LogP contribution is -2.46. The van der Waals surface area contributed by atoms with Gasteiger partial charge < -0.3 is 9.64 Å². The molecule has 2 aliphatic heterocycles. The molecule has 0 saturated carbocycles. The molecule has 0 spiro atoms. The lowest BCUT2D eigenvalue weighted by molar-refractivity contribution is -0.132. The maximum Gasteiger partial charge on any atom is 0.255 e. The van der Waals surface area contributed by atoms with Crippen molar-refractivity contribution in [2.24, 2.45) is 0 Å². The first-order valence-corrected chi connectivity index (χ1v) is 6.92. The Labute approximate surface area is 122 Å². The summed E-state index contributed by atoms with van der Waals surface area (Å²) in [6.07, 6.45) is 1.42. The summed E-state index contributed by atoms with van der Waals surface area (Å²) in [6.45, 7) is 0.338. The van der Waals surface area contributed by atoms with Crippen LogP contribution in [0.1, 0.15) is 35.2 Å². The van der Waals surface area contributed by atoms with E-state index in [0.717, 1.165) is 5.56 Å². The quantitative estimate of drug-likeness (QED) is 0.818. The van der Waals surface area contributed by atoms with Crippen molar-refractivity contribution in [2.75, 3.05) is 7.11 Å². The van der Waals surface area contributed by atoms with Crippen LogP contribution in [0.3, 0.4) is 0 Å². The summed E-state index contributed by atoms with van der Waals surface area (Å²) in [7, 11) is 1.56. The highest BCUT2D eigenvalue weighted by Crippen LogP contribution is 2.33. The zero-order valence-electron chi connectivity index (χ0n) is 11.7. The van der Waals surface area contributed by atoms with E-state index >= 15 is 0 Å². The summed E-state index contributed by atoms with van der Waals surface area (Å²) >= 11 is 0. The van der Waals surface area contributed by atoms with E-state index in [1.807, 2.05) is 0 Å². The summed E-state index contributed by atoms with van der Waals surface area (Å²) in [5.74, 6) is -0.200. The van der Waals surface area contributed by atoms with Gasteiger partial charge in [-0.05, 0) is 25.0 Å². The summed E-state index contributed by atoms with van der Waals surface area (Å²) in [5.41, 5.74) is 1.37. The van der Waals surface area contributed by atoms with E-state index in [4.69, 9.17) is 4.74 Å². The first-order chi connectivity index (χ1) is 10.1. The number of hydrogen-bond donors (Lipinski definition) is 1. The number of carbonyl (C=O) groups excluding carboxylic acids is 3. The third-order valence-corrected chi connectivity index (χ3v) is 4.00. The number of rotatable bonds is 2. The van der Waals surface area contributed by atoms with Crippen molar-refractivity contribution >= 4 is 17.7 Å². The molecule has 3 amide bonds. The molecule has 1 N–H and O–H groups in total. The van der Waals surface area contributed by atoms with Gasteiger partial charge in [-0.3, -0.25) is 19.7 Å². The Morgan fingerprint density at radius 2 is 2.10 bits per heavy atom.